The molecule has 0 saturated carbocycles. The van der Waals surface area contributed by atoms with Crippen LogP contribution in [0.15, 0.2) is 24.3 Å². The summed E-state index contributed by atoms with van der Waals surface area (Å²) in [6, 6.07) is 8.84. The van der Waals surface area contributed by atoms with Crippen LogP contribution in [0.4, 0.5) is 0 Å². The van der Waals surface area contributed by atoms with Crippen LogP contribution in [0, 0.1) is 6.92 Å². The predicted molar refractivity (Wildman–Crippen MR) is 72.5 cm³/mol. The normalized spacial score (nSPS) is 18.1. The molecule has 1 fully saturated rings. The first-order valence-electron chi connectivity index (χ1n) is 6.83. The van der Waals surface area contributed by atoms with Crippen LogP contribution >= 0.6 is 0 Å². The summed E-state index contributed by atoms with van der Waals surface area (Å²) in [4.78, 5) is 0. The van der Waals surface area contributed by atoms with Crippen LogP contribution in [0.1, 0.15) is 36.9 Å². The average molecular weight is 249 g/mol. The van der Waals surface area contributed by atoms with E-state index in [1.807, 2.05) is 0 Å². The molecule has 0 amide bonds. The van der Waals surface area contributed by atoms with Gasteiger partial charge in [0.15, 0.2) is 6.29 Å². The van der Waals surface area contributed by atoms with Gasteiger partial charge in [0.1, 0.15) is 0 Å². The summed E-state index contributed by atoms with van der Waals surface area (Å²) in [6.07, 6.45) is 1.96. The first-order chi connectivity index (χ1) is 8.81. The average Bonchev–Trinajstić information content (AvgIpc) is 2.88. The maximum Gasteiger partial charge on any atom is 0.159 e. The van der Waals surface area contributed by atoms with E-state index in [0.717, 1.165) is 32.6 Å². The van der Waals surface area contributed by atoms with E-state index in [1.54, 1.807) is 0 Å². The zero-order chi connectivity index (χ0) is 12.8. The Morgan fingerprint density at radius 3 is 2.67 bits per heavy atom. The van der Waals surface area contributed by atoms with Gasteiger partial charge in [-0.25, -0.2) is 0 Å². The molecule has 1 unspecified atom stereocenters. The van der Waals surface area contributed by atoms with E-state index in [4.69, 9.17) is 9.47 Å². The van der Waals surface area contributed by atoms with E-state index in [0.29, 0.717) is 6.04 Å². The standard InChI is InChI=1S/C15H23NO2/c1-3-8-16-14(11-15-17-9-10-18-15)13-7-5-4-6-12(13)2/h4-7,14-16H,3,8-11H2,1-2H3. The lowest BCUT2D eigenvalue weighted by Gasteiger charge is -2.23. The Kier molecular flexibility index (Phi) is 5.17. The fourth-order valence-electron chi connectivity index (χ4n) is 2.35. The Morgan fingerprint density at radius 2 is 2.00 bits per heavy atom. The third-order valence-electron chi connectivity index (χ3n) is 3.32. The summed E-state index contributed by atoms with van der Waals surface area (Å²) in [6.45, 7) is 6.81. The van der Waals surface area contributed by atoms with E-state index in [9.17, 15) is 0 Å². The second-order valence-corrected chi connectivity index (χ2v) is 4.77. The van der Waals surface area contributed by atoms with Crippen molar-refractivity contribution in [1.29, 1.82) is 0 Å². The molecule has 0 spiro atoms. The van der Waals surface area contributed by atoms with Crippen molar-refractivity contribution in [2.75, 3.05) is 19.8 Å². The van der Waals surface area contributed by atoms with Gasteiger partial charge in [-0.2, -0.15) is 0 Å². The maximum absolute atomic E-state index is 5.56. The zero-order valence-electron chi connectivity index (χ0n) is 11.3. The number of rotatable bonds is 6. The van der Waals surface area contributed by atoms with Gasteiger partial charge in [0.2, 0.25) is 0 Å². The van der Waals surface area contributed by atoms with Crippen molar-refractivity contribution < 1.29 is 9.47 Å². The van der Waals surface area contributed by atoms with Gasteiger partial charge in [-0.05, 0) is 31.0 Å². The molecule has 1 N–H and O–H groups in total. The van der Waals surface area contributed by atoms with Gasteiger partial charge in [0, 0.05) is 12.5 Å². The minimum Gasteiger partial charge on any atom is -0.350 e. The summed E-state index contributed by atoms with van der Waals surface area (Å²) in [5, 5.41) is 3.59. The lowest BCUT2D eigenvalue weighted by atomic mass is 9.98. The van der Waals surface area contributed by atoms with Gasteiger partial charge in [-0.3, -0.25) is 0 Å². The highest BCUT2D eigenvalue weighted by molar-refractivity contribution is 5.28. The molecule has 0 radical (unpaired) electrons. The van der Waals surface area contributed by atoms with Crippen LogP contribution in [0.25, 0.3) is 0 Å². The van der Waals surface area contributed by atoms with Crippen LogP contribution in [0.5, 0.6) is 0 Å². The van der Waals surface area contributed by atoms with Crippen LogP contribution in [-0.2, 0) is 9.47 Å². The third kappa shape index (κ3) is 3.55. The molecule has 3 nitrogen and oxygen atoms in total. The zero-order valence-corrected chi connectivity index (χ0v) is 11.3. The summed E-state index contributed by atoms with van der Waals surface area (Å²) < 4.78 is 11.1. The second kappa shape index (κ2) is 6.88. The van der Waals surface area contributed by atoms with E-state index >= 15 is 0 Å². The van der Waals surface area contributed by atoms with Crippen LogP contribution in [0.3, 0.4) is 0 Å². The second-order valence-electron chi connectivity index (χ2n) is 4.77. The molecular formula is C15H23NO2. The number of benzene rings is 1. The minimum absolute atomic E-state index is 0.0565. The number of nitrogens with one attached hydrogen (secondary N) is 1. The minimum atomic E-state index is -0.0565. The number of hydrogen-bond donors (Lipinski definition) is 1. The molecule has 3 heteroatoms. The maximum atomic E-state index is 5.56. The molecule has 1 aliphatic heterocycles. The SMILES string of the molecule is CCCNC(CC1OCCO1)c1ccccc1C. The molecule has 1 aliphatic rings. The molecule has 1 heterocycles. The van der Waals surface area contributed by atoms with Crippen molar-refractivity contribution >= 4 is 0 Å². The first-order valence-corrected chi connectivity index (χ1v) is 6.83. The van der Waals surface area contributed by atoms with Crippen molar-refractivity contribution in [1.82, 2.24) is 5.32 Å². The lowest BCUT2D eigenvalue weighted by Crippen LogP contribution is -2.27. The third-order valence-corrected chi connectivity index (χ3v) is 3.32. The van der Waals surface area contributed by atoms with Crippen molar-refractivity contribution in [3.63, 3.8) is 0 Å². The van der Waals surface area contributed by atoms with Crippen molar-refractivity contribution in [2.24, 2.45) is 0 Å². The predicted octanol–water partition coefficient (Wildman–Crippen LogP) is 2.80. The van der Waals surface area contributed by atoms with E-state index in [-0.39, 0.29) is 6.29 Å². The molecule has 18 heavy (non-hydrogen) atoms. The van der Waals surface area contributed by atoms with Crippen LogP contribution in [0.2, 0.25) is 0 Å². The number of aryl methyl sites for hydroxylation is 1. The van der Waals surface area contributed by atoms with Crippen molar-refractivity contribution in [2.45, 2.75) is 39.0 Å². The Balaban J connectivity index is 2.06. The van der Waals surface area contributed by atoms with Gasteiger partial charge in [0.25, 0.3) is 0 Å². The van der Waals surface area contributed by atoms with Gasteiger partial charge >= 0.3 is 0 Å². The molecule has 100 valence electrons. The molecule has 1 saturated heterocycles. The largest absolute Gasteiger partial charge is 0.350 e. The van der Waals surface area contributed by atoms with Gasteiger partial charge in [0.05, 0.1) is 13.2 Å². The van der Waals surface area contributed by atoms with E-state index in [1.165, 1.54) is 11.1 Å². The van der Waals surface area contributed by atoms with Gasteiger partial charge < -0.3 is 14.8 Å². The number of hydrogen-bond acceptors (Lipinski definition) is 3. The summed E-state index contributed by atoms with van der Waals surface area (Å²) in [5.74, 6) is 0. The number of ether oxygens (including phenoxy) is 2. The topological polar surface area (TPSA) is 30.5 Å². The Labute approximate surface area is 109 Å². The molecule has 1 atom stereocenters. The fraction of sp³-hybridized carbons (Fsp3) is 0.600. The van der Waals surface area contributed by atoms with Crippen LogP contribution < -0.4 is 5.32 Å². The summed E-state index contributed by atoms with van der Waals surface area (Å²) >= 11 is 0. The van der Waals surface area contributed by atoms with Crippen LogP contribution in [-0.4, -0.2) is 26.0 Å². The highest BCUT2D eigenvalue weighted by Gasteiger charge is 2.22. The van der Waals surface area contributed by atoms with E-state index in [2.05, 4.69) is 43.4 Å². The highest BCUT2D eigenvalue weighted by Crippen LogP contribution is 2.24. The Hall–Kier alpha value is -0.900. The summed E-state index contributed by atoms with van der Waals surface area (Å²) in [5.41, 5.74) is 2.68. The van der Waals surface area contributed by atoms with E-state index < -0.39 is 0 Å². The first kappa shape index (κ1) is 13.5. The molecule has 2 rings (SSSR count). The molecule has 1 aromatic carbocycles. The summed E-state index contributed by atoms with van der Waals surface area (Å²) in [7, 11) is 0. The van der Waals surface area contributed by atoms with Gasteiger partial charge in [-0.1, -0.05) is 31.2 Å². The monoisotopic (exact) mass is 249 g/mol. The molecule has 0 aliphatic carbocycles. The Bertz CT molecular complexity index is 361. The highest BCUT2D eigenvalue weighted by atomic mass is 16.7. The molecule has 0 aromatic heterocycles. The van der Waals surface area contributed by atoms with Crippen molar-refractivity contribution in [3.8, 4) is 0 Å². The molecule has 1 aromatic rings. The van der Waals surface area contributed by atoms with Gasteiger partial charge in [-0.15, -0.1) is 0 Å². The lowest BCUT2D eigenvalue weighted by molar-refractivity contribution is -0.0530. The fourth-order valence-corrected chi connectivity index (χ4v) is 2.35. The van der Waals surface area contributed by atoms with Crippen molar-refractivity contribution in [3.05, 3.63) is 35.4 Å². The Morgan fingerprint density at radius 1 is 1.28 bits per heavy atom. The smallest absolute Gasteiger partial charge is 0.159 e. The molecule has 0 bridgehead atoms. The quantitative estimate of drug-likeness (QED) is 0.841. The molecular weight excluding hydrogens is 226 g/mol.